The van der Waals surface area contributed by atoms with Crippen LogP contribution in [0, 0.1) is 0 Å². The molecule has 4 nitrogen and oxygen atoms in total. The highest BCUT2D eigenvalue weighted by atomic mass is 32.1. The van der Waals surface area contributed by atoms with Crippen LogP contribution in [0.1, 0.15) is 17.5 Å². The van der Waals surface area contributed by atoms with Crippen molar-refractivity contribution in [3.05, 3.63) is 58.3 Å². The van der Waals surface area contributed by atoms with Crippen LogP contribution < -0.4 is 5.32 Å². The molecule has 21 heavy (non-hydrogen) atoms. The molecule has 1 aromatic carbocycles. The van der Waals surface area contributed by atoms with Crippen LogP contribution in [0.2, 0.25) is 0 Å². The molecule has 1 atom stereocenters. The van der Waals surface area contributed by atoms with Crippen molar-refractivity contribution >= 4 is 23.2 Å². The molecule has 2 N–H and O–H groups in total. The number of carbonyl (C=O) groups excluding carboxylic acids is 1. The fourth-order valence-corrected chi connectivity index (χ4v) is 2.71. The molecule has 0 saturated carbocycles. The molecule has 2 aromatic rings. The maximum absolute atomic E-state index is 11.9. The maximum atomic E-state index is 11.9. The molecule has 0 radical (unpaired) electrons. The number of rotatable bonds is 7. The molecule has 0 aliphatic heterocycles. The van der Waals surface area contributed by atoms with Crippen LogP contribution in [0.15, 0.2) is 47.2 Å². The minimum absolute atomic E-state index is 0.232. The van der Waals surface area contributed by atoms with Gasteiger partial charge in [0.2, 0.25) is 5.91 Å². The van der Waals surface area contributed by atoms with Crippen LogP contribution in [0.3, 0.4) is 0 Å². The van der Waals surface area contributed by atoms with Crippen LogP contribution in [-0.2, 0) is 22.4 Å². The quantitative estimate of drug-likeness (QED) is 0.826. The molecule has 0 aliphatic rings. The number of nitrogens with one attached hydrogen (secondary N) is 1. The number of amides is 1. The predicted octanol–water partition coefficient (Wildman–Crippen LogP) is 2.49. The van der Waals surface area contributed by atoms with Crippen molar-refractivity contribution in [1.29, 1.82) is 0 Å². The number of hydrogen-bond acceptors (Lipinski definition) is 3. The van der Waals surface area contributed by atoms with E-state index in [9.17, 15) is 14.7 Å². The van der Waals surface area contributed by atoms with E-state index in [-0.39, 0.29) is 5.91 Å². The van der Waals surface area contributed by atoms with Crippen LogP contribution in [0.4, 0.5) is 0 Å². The van der Waals surface area contributed by atoms with Gasteiger partial charge in [0.1, 0.15) is 6.04 Å². The Morgan fingerprint density at radius 1 is 1.14 bits per heavy atom. The van der Waals surface area contributed by atoms with Crippen molar-refractivity contribution in [1.82, 2.24) is 5.32 Å². The second kappa shape index (κ2) is 7.59. The smallest absolute Gasteiger partial charge is 0.326 e. The summed E-state index contributed by atoms with van der Waals surface area (Å²) < 4.78 is 0. The third kappa shape index (κ3) is 5.04. The van der Waals surface area contributed by atoms with E-state index >= 15 is 0 Å². The first-order valence-electron chi connectivity index (χ1n) is 6.72. The lowest BCUT2D eigenvalue weighted by Crippen LogP contribution is -2.42. The highest BCUT2D eigenvalue weighted by Gasteiger charge is 2.20. The Hall–Kier alpha value is -2.14. The third-order valence-electron chi connectivity index (χ3n) is 3.14. The van der Waals surface area contributed by atoms with Gasteiger partial charge in [-0.2, -0.15) is 11.3 Å². The Morgan fingerprint density at radius 2 is 1.90 bits per heavy atom. The zero-order chi connectivity index (χ0) is 15.1. The molecule has 0 aliphatic carbocycles. The van der Waals surface area contributed by atoms with E-state index in [0.29, 0.717) is 19.3 Å². The Bertz CT molecular complexity index is 581. The molecule has 5 heteroatoms. The minimum atomic E-state index is -1.01. The average Bonchev–Trinajstić information content (AvgIpc) is 2.99. The van der Waals surface area contributed by atoms with Gasteiger partial charge >= 0.3 is 5.97 Å². The summed E-state index contributed by atoms with van der Waals surface area (Å²) in [5, 5.41) is 15.8. The number of carboxylic acids is 1. The van der Waals surface area contributed by atoms with Crippen molar-refractivity contribution < 1.29 is 14.7 Å². The first-order valence-corrected chi connectivity index (χ1v) is 7.66. The summed E-state index contributed by atoms with van der Waals surface area (Å²) in [5.41, 5.74) is 1.99. The number of thiophene rings is 1. The molecule has 0 fully saturated rings. The summed E-state index contributed by atoms with van der Waals surface area (Å²) in [6.07, 6.45) is 1.22. The van der Waals surface area contributed by atoms with Crippen molar-refractivity contribution in [2.45, 2.75) is 25.3 Å². The first kappa shape index (κ1) is 15.3. The Balaban J connectivity index is 1.87. The van der Waals surface area contributed by atoms with Gasteiger partial charge in [-0.1, -0.05) is 30.3 Å². The predicted molar refractivity (Wildman–Crippen MR) is 82.4 cm³/mol. The van der Waals surface area contributed by atoms with E-state index in [2.05, 4.69) is 5.32 Å². The van der Waals surface area contributed by atoms with E-state index in [1.54, 1.807) is 11.3 Å². The summed E-state index contributed by atoms with van der Waals surface area (Å²) in [7, 11) is 0. The van der Waals surface area contributed by atoms with E-state index in [0.717, 1.165) is 11.1 Å². The van der Waals surface area contributed by atoms with Crippen molar-refractivity contribution in [2.75, 3.05) is 0 Å². The SMILES string of the molecule is O=C(CCc1ccsc1)NC(Cc1ccccc1)C(=O)O. The van der Waals surface area contributed by atoms with E-state index in [4.69, 9.17) is 0 Å². The van der Waals surface area contributed by atoms with Crippen LogP contribution in [-0.4, -0.2) is 23.0 Å². The van der Waals surface area contributed by atoms with Gasteiger partial charge in [0.05, 0.1) is 0 Å². The molecule has 1 unspecified atom stereocenters. The molecule has 110 valence electrons. The van der Waals surface area contributed by atoms with Gasteiger partial charge in [-0.25, -0.2) is 4.79 Å². The lowest BCUT2D eigenvalue weighted by molar-refractivity contribution is -0.141. The van der Waals surface area contributed by atoms with Crippen LogP contribution >= 0.6 is 11.3 Å². The molecule has 0 spiro atoms. The first-order chi connectivity index (χ1) is 10.1. The van der Waals surface area contributed by atoms with Crippen molar-refractivity contribution in [3.63, 3.8) is 0 Å². The topological polar surface area (TPSA) is 66.4 Å². The minimum Gasteiger partial charge on any atom is -0.480 e. The number of aliphatic carboxylic acids is 1. The zero-order valence-electron chi connectivity index (χ0n) is 11.5. The van der Waals surface area contributed by atoms with Gasteiger partial charge in [-0.15, -0.1) is 0 Å². The third-order valence-corrected chi connectivity index (χ3v) is 3.87. The average molecular weight is 303 g/mol. The summed E-state index contributed by atoms with van der Waals surface area (Å²) >= 11 is 1.59. The molecule has 0 bridgehead atoms. The fourth-order valence-electron chi connectivity index (χ4n) is 2.01. The molecule has 1 aromatic heterocycles. The second-order valence-corrected chi connectivity index (χ2v) is 5.56. The maximum Gasteiger partial charge on any atom is 0.326 e. The van der Waals surface area contributed by atoms with Crippen molar-refractivity contribution in [3.8, 4) is 0 Å². The molecule has 0 saturated heterocycles. The summed E-state index contributed by atoms with van der Waals surface area (Å²) in [6, 6.07) is 10.4. The number of aryl methyl sites for hydroxylation is 1. The van der Waals surface area contributed by atoms with Gasteiger partial charge in [-0.05, 0) is 34.4 Å². The number of carboxylic acid groups (broad SMARTS) is 1. The number of carbonyl (C=O) groups is 2. The van der Waals surface area contributed by atoms with E-state index < -0.39 is 12.0 Å². The largest absolute Gasteiger partial charge is 0.480 e. The van der Waals surface area contributed by atoms with E-state index in [1.165, 1.54) is 0 Å². The van der Waals surface area contributed by atoms with E-state index in [1.807, 2.05) is 47.2 Å². The van der Waals surface area contributed by atoms with Gasteiger partial charge in [0, 0.05) is 12.8 Å². The Kier molecular flexibility index (Phi) is 5.51. The summed E-state index contributed by atoms with van der Waals surface area (Å²) in [5.74, 6) is -1.24. The van der Waals surface area contributed by atoms with Crippen LogP contribution in [0.25, 0.3) is 0 Å². The molecule has 1 heterocycles. The summed E-state index contributed by atoms with van der Waals surface area (Å²) in [6.45, 7) is 0. The zero-order valence-corrected chi connectivity index (χ0v) is 12.3. The number of hydrogen-bond donors (Lipinski definition) is 2. The van der Waals surface area contributed by atoms with Crippen molar-refractivity contribution in [2.24, 2.45) is 0 Å². The normalized spacial score (nSPS) is 11.8. The lowest BCUT2D eigenvalue weighted by Gasteiger charge is -2.14. The number of benzene rings is 1. The molecule has 2 rings (SSSR count). The van der Waals surface area contributed by atoms with Crippen LogP contribution in [0.5, 0.6) is 0 Å². The molecular weight excluding hydrogens is 286 g/mol. The standard InChI is InChI=1S/C16H17NO3S/c18-15(7-6-13-8-9-21-11-13)17-14(16(19)20)10-12-4-2-1-3-5-12/h1-5,8-9,11,14H,6-7,10H2,(H,17,18)(H,19,20). The van der Waals surface area contributed by atoms with Gasteiger partial charge < -0.3 is 10.4 Å². The Labute approximate surface area is 127 Å². The van der Waals surface area contributed by atoms with Gasteiger partial charge in [0.25, 0.3) is 0 Å². The molecule has 1 amide bonds. The highest BCUT2D eigenvalue weighted by molar-refractivity contribution is 7.07. The Morgan fingerprint density at radius 3 is 2.52 bits per heavy atom. The second-order valence-electron chi connectivity index (χ2n) is 4.78. The lowest BCUT2D eigenvalue weighted by atomic mass is 10.1. The van der Waals surface area contributed by atoms with Gasteiger partial charge in [0.15, 0.2) is 0 Å². The highest BCUT2D eigenvalue weighted by Crippen LogP contribution is 2.09. The van der Waals surface area contributed by atoms with Gasteiger partial charge in [-0.3, -0.25) is 4.79 Å². The fraction of sp³-hybridized carbons (Fsp3) is 0.250. The summed E-state index contributed by atoms with van der Waals surface area (Å²) in [4.78, 5) is 23.1. The monoisotopic (exact) mass is 303 g/mol. The molecular formula is C16H17NO3S.